The molecule has 0 fully saturated rings. The van der Waals surface area contributed by atoms with Gasteiger partial charge < -0.3 is 5.11 Å². The third kappa shape index (κ3) is 2.22. The Morgan fingerprint density at radius 3 is 2.62 bits per heavy atom. The van der Waals surface area contributed by atoms with Gasteiger partial charge in [-0.2, -0.15) is 0 Å². The average molecular weight is 180 g/mol. The van der Waals surface area contributed by atoms with Crippen molar-refractivity contribution in [3.8, 4) is 0 Å². The molecule has 0 aromatic rings. The Morgan fingerprint density at radius 2 is 2.08 bits per heavy atom. The molecule has 0 saturated carbocycles. The Labute approximate surface area is 81.2 Å². The van der Waals surface area contributed by atoms with Gasteiger partial charge in [0, 0.05) is 5.92 Å². The van der Waals surface area contributed by atoms with Crippen molar-refractivity contribution < 1.29 is 5.11 Å². The summed E-state index contributed by atoms with van der Waals surface area (Å²) in [5.41, 5.74) is -0.600. The first-order chi connectivity index (χ1) is 6.10. The zero-order chi connectivity index (χ0) is 9.90. The van der Waals surface area contributed by atoms with E-state index in [-0.39, 0.29) is 5.92 Å². The quantitative estimate of drug-likeness (QED) is 0.708. The van der Waals surface area contributed by atoms with E-state index in [1.165, 1.54) is 0 Å². The molecule has 2 unspecified atom stereocenters. The standard InChI is InChI=1S/C12H20O/c1-4-8-12(13)9-6-5-7-11(12)10(2)3/h5-7,9-11,13H,4,8H2,1-3H3. The van der Waals surface area contributed by atoms with Crippen LogP contribution < -0.4 is 0 Å². The van der Waals surface area contributed by atoms with Crippen LogP contribution in [0.3, 0.4) is 0 Å². The number of allylic oxidation sites excluding steroid dienone is 2. The van der Waals surface area contributed by atoms with Crippen LogP contribution in [0, 0.1) is 11.8 Å². The van der Waals surface area contributed by atoms with Gasteiger partial charge in [-0.05, 0) is 12.3 Å². The van der Waals surface area contributed by atoms with Gasteiger partial charge in [-0.25, -0.2) is 0 Å². The lowest BCUT2D eigenvalue weighted by Crippen LogP contribution is -2.38. The lowest BCUT2D eigenvalue weighted by Gasteiger charge is -2.36. The maximum atomic E-state index is 10.4. The van der Waals surface area contributed by atoms with E-state index in [1.54, 1.807) is 0 Å². The summed E-state index contributed by atoms with van der Waals surface area (Å²) in [5.74, 6) is 0.773. The fourth-order valence-corrected chi connectivity index (χ4v) is 2.13. The highest BCUT2D eigenvalue weighted by atomic mass is 16.3. The summed E-state index contributed by atoms with van der Waals surface area (Å²) in [7, 11) is 0. The maximum Gasteiger partial charge on any atom is 0.0895 e. The molecule has 0 aliphatic heterocycles. The van der Waals surface area contributed by atoms with Gasteiger partial charge in [0.25, 0.3) is 0 Å². The normalized spacial score (nSPS) is 32.8. The van der Waals surface area contributed by atoms with Crippen molar-refractivity contribution in [2.75, 3.05) is 0 Å². The first-order valence-electron chi connectivity index (χ1n) is 5.18. The fraction of sp³-hybridized carbons (Fsp3) is 0.667. The highest BCUT2D eigenvalue weighted by molar-refractivity contribution is 5.21. The molecule has 1 heteroatoms. The average Bonchev–Trinajstić information content (AvgIpc) is 2.04. The van der Waals surface area contributed by atoms with Gasteiger partial charge >= 0.3 is 0 Å². The zero-order valence-electron chi connectivity index (χ0n) is 8.83. The predicted octanol–water partition coefficient (Wildman–Crippen LogP) is 2.92. The van der Waals surface area contributed by atoms with Gasteiger partial charge in [-0.3, -0.25) is 0 Å². The molecule has 2 atom stereocenters. The summed E-state index contributed by atoms with van der Waals surface area (Å²) in [6.07, 6.45) is 9.94. The van der Waals surface area contributed by atoms with Crippen LogP contribution >= 0.6 is 0 Å². The molecule has 1 N–H and O–H groups in total. The van der Waals surface area contributed by atoms with Crippen molar-refractivity contribution in [2.24, 2.45) is 11.8 Å². The Kier molecular flexibility index (Phi) is 3.32. The SMILES string of the molecule is CCCC1(O)C=CC=CC1C(C)C. The van der Waals surface area contributed by atoms with E-state index in [4.69, 9.17) is 0 Å². The van der Waals surface area contributed by atoms with Gasteiger partial charge in [0.1, 0.15) is 0 Å². The van der Waals surface area contributed by atoms with Crippen molar-refractivity contribution in [3.05, 3.63) is 24.3 Å². The lowest BCUT2D eigenvalue weighted by atomic mass is 9.75. The predicted molar refractivity (Wildman–Crippen MR) is 56.5 cm³/mol. The Balaban J connectivity index is 2.80. The molecule has 0 radical (unpaired) electrons. The Hall–Kier alpha value is -0.560. The van der Waals surface area contributed by atoms with Crippen LogP contribution in [0.25, 0.3) is 0 Å². The van der Waals surface area contributed by atoms with E-state index in [9.17, 15) is 5.11 Å². The van der Waals surface area contributed by atoms with Crippen LogP contribution in [0.15, 0.2) is 24.3 Å². The topological polar surface area (TPSA) is 20.2 Å². The van der Waals surface area contributed by atoms with E-state index >= 15 is 0 Å². The summed E-state index contributed by atoms with van der Waals surface area (Å²) in [5, 5.41) is 10.4. The van der Waals surface area contributed by atoms with Gasteiger partial charge in [0.15, 0.2) is 0 Å². The van der Waals surface area contributed by atoms with E-state index in [2.05, 4.69) is 26.8 Å². The molecule has 1 aliphatic carbocycles. The number of rotatable bonds is 3. The monoisotopic (exact) mass is 180 g/mol. The van der Waals surface area contributed by atoms with Crippen molar-refractivity contribution in [1.82, 2.24) is 0 Å². The van der Waals surface area contributed by atoms with Crippen molar-refractivity contribution >= 4 is 0 Å². The summed E-state index contributed by atoms with van der Waals surface area (Å²) >= 11 is 0. The summed E-state index contributed by atoms with van der Waals surface area (Å²) in [4.78, 5) is 0. The second-order valence-electron chi connectivity index (χ2n) is 4.26. The van der Waals surface area contributed by atoms with Crippen molar-refractivity contribution in [2.45, 2.75) is 39.2 Å². The lowest BCUT2D eigenvalue weighted by molar-refractivity contribution is 0.0191. The summed E-state index contributed by atoms with van der Waals surface area (Å²) in [6, 6.07) is 0. The maximum absolute atomic E-state index is 10.4. The molecule has 0 bridgehead atoms. The highest BCUT2D eigenvalue weighted by Gasteiger charge is 2.34. The van der Waals surface area contributed by atoms with Crippen molar-refractivity contribution in [3.63, 3.8) is 0 Å². The van der Waals surface area contributed by atoms with E-state index in [1.807, 2.05) is 18.2 Å². The van der Waals surface area contributed by atoms with Gasteiger partial charge in [0.05, 0.1) is 5.60 Å². The fourth-order valence-electron chi connectivity index (χ4n) is 2.13. The van der Waals surface area contributed by atoms with Gasteiger partial charge in [0.2, 0.25) is 0 Å². The van der Waals surface area contributed by atoms with Crippen molar-refractivity contribution in [1.29, 1.82) is 0 Å². The molecule has 13 heavy (non-hydrogen) atoms. The molecule has 74 valence electrons. The molecular weight excluding hydrogens is 160 g/mol. The van der Waals surface area contributed by atoms with Crippen LogP contribution in [0.1, 0.15) is 33.6 Å². The third-order valence-corrected chi connectivity index (χ3v) is 2.76. The van der Waals surface area contributed by atoms with Gasteiger partial charge in [-0.1, -0.05) is 51.5 Å². The van der Waals surface area contributed by atoms with Crippen LogP contribution in [0.5, 0.6) is 0 Å². The summed E-state index contributed by atoms with van der Waals surface area (Å²) < 4.78 is 0. The second kappa shape index (κ2) is 4.10. The van der Waals surface area contributed by atoms with Crippen LogP contribution in [-0.2, 0) is 0 Å². The van der Waals surface area contributed by atoms with Gasteiger partial charge in [-0.15, -0.1) is 0 Å². The smallest absolute Gasteiger partial charge is 0.0895 e. The molecule has 0 aromatic carbocycles. The zero-order valence-corrected chi connectivity index (χ0v) is 8.83. The first-order valence-corrected chi connectivity index (χ1v) is 5.18. The third-order valence-electron chi connectivity index (χ3n) is 2.76. The molecule has 1 rings (SSSR count). The number of hydrogen-bond donors (Lipinski definition) is 1. The van der Waals surface area contributed by atoms with Crippen LogP contribution in [0.4, 0.5) is 0 Å². The number of aliphatic hydroxyl groups is 1. The molecule has 1 nitrogen and oxygen atoms in total. The molecule has 0 spiro atoms. The highest BCUT2D eigenvalue weighted by Crippen LogP contribution is 2.34. The molecular formula is C12H20O. The molecule has 0 saturated heterocycles. The van der Waals surface area contributed by atoms with Crippen LogP contribution in [-0.4, -0.2) is 10.7 Å². The number of hydrogen-bond acceptors (Lipinski definition) is 1. The Bertz CT molecular complexity index is 215. The minimum Gasteiger partial charge on any atom is -0.385 e. The minimum atomic E-state index is -0.600. The molecule has 1 aliphatic rings. The second-order valence-corrected chi connectivity index (χ2v) is 4.26. The molecule has 0 amide bonds. The minimum absolute atomic E-state index is 0.275. The molecule has 0 heterocycles. The van der Waals surface area contributed by atoms with E-state index in [0.29, 0.717) is 5.92 Å². The largest absolute Gasteiger partial charge is 0.385 e. The first kappa shape index (κ1) is 10.5. The van der Waals surface area contributed by atoms with E-state index < -0.39 is 5.60 Å². The van der Waals surface area contributed by atoms with Crippen LogP contribution in [0.2, 0.25) is 0 Å². The van der Waals surface area contributed by atoms with E-state index in [0.717, 1.165) is 12.8 Å². The molecule has 0 aromatic heterocycles. The Morgan fingerprint density at radius 1 is 1.38 bits per heavy atom. The summed E-state index contributed by atoms with van der Waals surface area (Å²) in [6.45, 7) is 6.44.